The Morgan fingerprint density at radius 1 is 1.00 bits per heavy atom. The van der Waals surface area contributed by atoms with Gasteiger partial charge in [0.2, 0.25) is 0 Å². The van der Waals surface area contributed by atoms with E-state index >= 15 is 0 Å². The lowest BCUT2D eigenvalue weighted by Gasteiger charge is -2.28. The van der Waals surface area contributed by atoms with Crippen LogP contribution in [0.1, 0.15) is 36.3 Å². The SMILES string of the molecule is CCCCS(C)(C)OC.ClC(c1ccccc1)c1ccc(Br)cc1. The van der Waals surface area contributed by atoms with E-state index in [1.807, 2.05) is 61.7 Å². The van der Waals surface area contributed by atoms with Crippen LogP contribution in [0.25, 0.3) is 0 Å². The largest absolute Gasteiger partial charge is 0.340 e. The van der Waals surface area contributed by atoms with E-state index in [-0.39, 0.29) is 5.38 Å². The number of unbranched alkanes of at least 4 members (excludes halogenated alkanes) is 1. The van der Waals surface area contributed by atoms with Crippen molar-refractivity contribution in [3.05, 3.63) is 70.2 Å². The maximum Gasteiger partial charge on any atom is 0.0835 e. The second-order valence-electron chi connectivity index (χ2n) is 5.99. The molecule has 0 fully saturated rings. The third-order valence-corrected chi connectivity index (χ3v) is 6.90. The molecule has 0 aliphatic rings. The van der Waals surface area contributed by atoms with E-state index in [0.29, 0.717) is 0 Å². The average Bonchev–Trinajstić information content (AvgIpc) is 2.61. The zero-order valence-corrected chi connectivity index (χ0v) is 18.1. The van der Waals surface area contributed by atoms with Crippen molar-refractivity contribution in [2.75, 3.05) is 25.4 Å². The summed E-state index contributed by atoms with van der Waals surface area (Å²) in [4.78, 5) is 0. The number of benzene rings is 2. The number of hydrogen-bond donors (Lipinski definition) is 0. The van der Waals surface area contributed by atoms with Crippen molar-refractivity contribution in [2.45, 2.75) is 25.1 Å². The molecule has 0 radical (unpaired) electrons. The van der Waals surface area contributed by atoms with Gasteiger partial charge in [-0.2, -0.15) is 0 Å². The summed E-state index contributed by atoms with van der Waals surface area (Å²) in [7, 11) is 1.13. The van der Waals surface area contributed by atoms with Gasteiger partial charge in [0.05, 0.1) is 5.38 Å². The van der Waals surface area contributed by atoms with Crippen molar-refractivity contribution in [3.8, 4) is 0 Å². The van der Waals surface area contributed by atoms with E-state index in [4.69, 9.17) is 15.8 Å². The molecular formula is C20H28BrClOS. The minimum absolute atomic E-state index is 0.0701. The summed E-state index contributed by atoms with van der Waals surface area (Å²) in [6, 6.07) is 18.2. The Morgan fingerprint density at radius 3 is 2.04 bits per heavy atom. The molecule has 0 saturated heterocycles. The van der Waals surface area contributed by atoms with Crippen LogP contribution in [0.2, 0.25) is 0 Å². The van der Waals surface area contributed by atoms with Crippen molar-refractivity contribution in [3.63, 3.8) is 0 Å². The molecule has 0 spiro atoms. The highest BCUT2D eigenvalue weighted by molar-refractivity contribution is 9.10. The van der Waals surface area contributed by atoms with E-state index in [2.05, 4.69) is 35.4 Å². The summed E-state index contributed by atoms with van der Waals surface area (Å²) in [5.74, 6) is 1.25. The van der Waals surface area contributed by atoms with Crippen LogP contribution in [0.5, 0.6) is 0 Å². The quantitative estimate of drug-likeness (QED) is 0.440. The molecule has 0 aromatic heterocycles. The average molecular weight is 432 g/mol. The van der Waals surface area contributed by atoms with Crippen LogP contribution in [-0.2, 0) is 4.18 Å². The first-order valence-electron chi connectivity index (χ1n) is 8.10. The molecule has 1 atom stereocenters. The molecule has 2 rings (SSSR count). The van der Waals surface area contributed by atoms with Gasteiger partial charge in [0.1, 0.15) is 0 Å². The standard InChI is InChI=1S/C13H10BrCl.C7H18OS/c14-12-8-6-11(7-9-12)13(15)10-4-2-1-3-5-10;1-5-6-7-9(3,4)8-2/h1-9,13H;5-7H2,1-4H3. The fourth-order valence-electron chi connectivity index (χ4n) is 2.02. The van der Waals surface area contributed by atoms with Crippen molar-refractivity contribution < 1.29 is 4.18 Å². The van der Waals surface area contributed by atoms with Gasteiger partial charge in [0, 0.05) is 11.6 Å². The molecule has 0 aliphatic heterocycles. The molecular weight excluding hydrogens is 404 g/mol. The van der Waals surface area contributed by atoms with Crippen molar-refractivity contribution in [2.24, 2.45) is 0 Å². The maximum absolute atomic E-state index is 6.37. The van der Waals surface area contributed by atoms with Crippen LogP contribution < -0.4 is 0 Å². The number of hydrogen-bond acceptors (Lipinski definition) is 1. The molecule has 0 heterocycles. The summed E-state index contributed by atoms with van der Waals surface area (Å²) in [6.45, 7) is 2.21. The third-order valence-electron chi connectivity index (χ3n) is 3.70. The van der Waals surface area contributed by atoms with E-state index < -0.39 is 10.3 Å². The van der Waals surface area contributed by atoms with Crippen LogP contribution in [0, 0.1) is 0 Å². The first-order chi connectivity index (χ1) is 11.4. The lowest BCUT2D eigenvalue weighted by molar-refractivity contribution is 0.469. The fourth-order valence-corrected chi connectivity index (χ4v) is 3.73. The summed E-state index contributed by atoms with van der Waals surface area (Å²) >= 11 is 9.78. The zero-order chi connectivity index (χ0) is 18.0. The Balaban J connectivity index is 0.000000277. The lowest BCUT2D eigenvalue weighted by Crippen LogP contribution is -2.02. The summed E-state index contributed by atoms with van der Waals surface area (Å²) in [6.07, 6.45) is 7.00. The Kier molecular flexibility index (Phi) is 10.1. The molecule has 134 valence electrons. The molecule has 0 N–H and O–H groups in total. The molecule has 2 aromatic carbocycles. The molecule has 0 amide bonds. The van der Waals surface area contributed by atoms with Crippen LogP contribution in [0.3, 0.4) is 0 Å². The van der Waals surface area contributed by atoms with Gasteiger partial charge in [-0.3, -0.25) is 0 Å². The van der Waals surface area contributed by atoms with Crippen LogP contribution in [-0.4, -0.2) is 25.4 Å². The number of rotatable bonds is 6. The maximum atomic E-state index is 6.37. The highest BCUT2D eigenvalue weighted by Gasteiger charge is 2.09. The smallest absolute Gasteiger partial charge is 0.0835 e. The van der Waals surface area contributed by atoms with Crippen LogP contribution in [0.15, 0.2) is 59.1 Å². The van der Waals surface area contributed by atoms with E-state index in [1.165, 1.54) is 18.6 Å². The molecule has 0 aliphatic carbocycles. The third kappa shape index (κ3) is 8.06. The first-order valence-corrected chi connectivity index (χ1v) is 11.9. The van der Waals surface area contributed by atoms with Gasteiger partial charge in [0.25, 0.3) is 0 Å². The van der Waals surface area contributed by atoms with Gasteiger partial charge in [-0.25, -0.2) is 0 Å². The fraction of sp³-hybridized carbons (Fsp3) is 0.400. The van der Waals surface area contributed by atoms with Gasteiger partial charge >= 0.3 is 0 Å². The van der Waals surface area contributed by atoms with Crippen molar-refractivity contribution in [1.82, 2.24) is 0 Å². The normalized spacial score (nSPS) is 12.9. The van der Waals surface area contributed by atoms with E-state index in [9.17, 15) is 0 Å². The minimum atomic E-state index is -0.682. The van der Waals surface area contributed by atoms with Crippen molar-refractivity contribution in [1.29, 1.82) is 0 Å². The molecule has 1 nitrogen and oxygen atoms in total. The highest BCUT2D eigenvalue weighted by atomic mass is 79.9. The van der Waals surface area contributed by atoms with Crippen LogP contribution in [0.4, 0.5) is 0 Å². The Bertz CT molecular complexity index is 572. The number of alkyl halides is 1. The van der Waals surface area contributed by atoms with E-state index in [0.717, 1.165) is 15.6 Å². The molecule has 2 aromatic rings. The lowest BCUT2D eigenvalue weighted by atomic mass is 10.0. The highest BCUT2D eigenvalue weighted by Crippen LogP contribution is 2.40. The number of halogens is 2. The molecule has 24 heavy (non-hydrogen) atoms. The zero-order valence-electron chi connectivity index (χ0n) is 15.0. The van der Waals surface area contributed by atoms with Gasteiger partial charge in [-0.15, -0.1) is 21.9 Å². The first kappa shape index (κ1) is 21.6. The summed E-state index contributed by atoms with van der Waals surface area (Å²) < 4.78 is 6.40. The van der Waals surface area contributed by atoms with Gasteiger partial charge in [-0.1, -0.05) is 71.7 Å². The second-order valence-corrected chi connectivity index (χ2v) is 11.0. The Labute approximate surface area is 162 Å². The monoisotopic (exact) mass is 430 g/mol. The predicted molar refractivity (Wildman–Crippen MR) is 115 cm³/mol. The molecule has 1 unspecified atom stereocenters. The molecule has 4 heteroatoms. The second kappa shape index (κ2) is 11.2. The van der Waals surface area contributed by atoms with Crippen LogP contribution >= 0.6 is 37.8 Å². The van der Waals surface area contributed by atoms with Crippen molar-refractivity contribution >= 4 is 37.8 Å². The Morgan fingerprint density at radius 2 is 1.54 bits per heavy atom. The predicted octanol–water partition coefficient (Wildman–Crippen LogP) is 7.19. The Hall–Kier alpha value is -0.480. The van der Waals surface area contributed by atoms with Gasteiger partial charge in [0.15, 0.2) is 0 Å². The van der Waals surface area contributed by atoms with E-state index in [1.54, 1.807) is 0 Å². The minimum Gasteiger partial charge on any atom is -0.340 e. The molecule has 0 bridgehead atoms. The molecule has 0 saturated carbocycles. The van der Waals surface area contributed by atoms with Gasteiger partial charge in [-0.05, 0) is 47.9 Å². The summed E-state index contributed by atoms with van der Waals surface area (Å²) in [5.41, 5.74) is 2.24. The van der Waals surface area contributed by atoms with Gasteiger partial charge < -0.3 is 4.18 Å². The summed E-state index contributed by atoms with van der Waals surface area (Å²) in [5, 5.41) is -0.0701. The topological polar surface area (TPSA) is 9.23 Å².